The van der Waals surface area contributed by atoms with Crippen molar-refractivity contribution in [2.24, 2.45) is 0 Å². The van der Waals surface area contributed by atoms with E-state index in [-0.39, 0.29) is 37.4 Å². The van der Waals surface area contributed by atoms with Gasteiger partial charge in [-0.25, -0.2) is 9.59 Å². The molecule has 0 saturated carbocycles. The van der Waals surface area contributed by atoms with E-state index in [2.05, 4.69) is 24.3 Å². The molecule has 59 heavy (non-hydrogen) atoms. The summed E-state index contributed by atoms with van der Waals surface area (Å²) in [7, 11) is 0. The molecule has 0 spiro atoms. The molecular formula is C47H52O6S6. The molecule has 0 bridgehead atoms. The number of rotatable bonds is 24. The topological polar surface area (TPSA) is 71.1 Å². The molecule has 2 atom stereocenters. The van der Waals surface area contributed by atoms with Crippen LogP contribution in [0, 0.1) is 0 Å². The molecule has 2 aliphatic heterocycles. The molecule has 2 heterocycles. The van der Waals surface area contributed by atoms with E-state index in [4.69, 9.17) is 18.9 Å². The van der Waals surface area contributed by atoms with Crippen LogP contribution in [0.5, 0.6) is 11.5 Å². The molecule has 0 amide bonds. The SMILES string of the molecule is O=C(C=Cc1ccccc1)OC(COc1ccc(Cc2ccc(OCC(CSCCC3SCCS3)OC(=O)C=Cc3ccccc3)cc2)cc1)CSCCC1SCCS1. The van der Waals surface area contributed by atoms with Crippen molar-refractivity contribution in [3.63, 3.8) is 0 Å². The van der Waals surface area contributed by atoms with E-state index < -0.39 is 0 Å². The quantitative estimate of drug-likeness (QED) is 0.0382. The minimum absolute atomic E-state index is 0.285. The van der Waals surface area contributed by atoms with Crippen LogP contribution in [0.15, 0.2) is 121 Å². The number of carbonyl (C=O) groups is 2. The lowest BCUT2D eigenvalue weighted by molar-refractivity contribution is -0.144. The third-order valence-electron chi connectivity index (χ3n) is 9.10. The second kappa shape index (κ2) is 26.4. The first-order valence-electron chi connectivity index (χ1n) is 20.0. The molecule has 0 aliphatic carbocycles. The molecule has 6 nitrogen and oxygen atoms in total. The average molecular weight is 905 g/mol. The van der Waals surface area contributed by atoms with Crippen LogP contribution in [0.2, 0.25) is 0 Å². The Morgan fingerprint density at radius 3 is 1.34 bits per heavy atom. The van der Waals surface area contributed by atoms with Gasteiger partial charge in [-0.15, -0.1) is 47.0 Å². The zero-order valence-electron chi connectivity index (χ0n) is 33.1. The molecule has 4 aromatic carbocycles. The van der Waals surface area contributed by atoms with Crippen LogP contribution in [0.1, 0.15) is 35.1 Å². The zero-order valence-corrected chi connectivity index (χ0v) is 38.0. The van der Waals surface area contributed by atoms with Gasteiger partial charge in [0.05, 0.1) is 9.16 Å². The highest BCUT2D eigenvalue weighted by Gasteiger charge is 2.20. The third-order valence-corrected chi connectivity index (χ3v) is 17.7. The van der Waals surface area contributed by atoms with Crippen molar-refractivity contribution in [2.75, 3.05) is 59.2 Å². The Balaban J connectivity index is 0.960. The number of thioether (sulfide) groups is 6. The van der Waals surface area contributed by atoms with Crippen LogP contribution in [-0.4, -0.2) is 92.5 Å². The van der Waals surface area contributed by atoms with Crippen molar-refractivity contribution in [3.8, 4) is 11.5 Å². The van der Waals surface area contributed by atoms with Gasteiger partial charge in [0.15, 0.2) is 0 Å². The lowest BCUT2D eigenvalue weighted by Gasteiger charge is -2.18. The Hall–Kier alpha value is -3.00. The van der Waals surface area contributed by atoms with Gasteiger partial charge in [0.1, 0.15) is 36.9 Å². The molecule has 6 rings (SSSR count). The van der Waals surface area contributed by atoms with E-state index in [0.29, 0.717) is 20.7 Å². The number of carbonyl (C=O) groups excluding carboxylic acids is 2. The first-order valence-corrected chi connectivity index (χ1v) is 26.5. The minimum Gasteiger partial charge on any atom is -0.490 e. The van der Waals surface area contributed by atoms with Crippen molar-refractivity contribution in [1.29, 1.82) is 0 Å². The molecule has 2 unspecified atom stereocenters. The van der Waals surface area contributed by atoms with Gasteiger partial charge in [0, 0.05) is 46.7 Å². The smallest absolute Gasteiger partial charge is 0.331 e. The summed E-state index contributed by atoms with van der Waals surface area (Å²) in [6, 6.07) is 35.7. The molecular weight excluding hydrogens is 853 g/mol. The van der Waals surface area contributed by atoms with Crippen molar-refractivity contribution < 1.29 is 28.5 Å². The van der Waals surface area contributed by atoms with Crippen molar-refractivity contribution in [1.82, 2.24) is 0 Å². The van der Waals surface area contributed by atoms with Crippen molar-refractivity contribution in [2.45, 2.75) is 40.6 Å². The average Bonchev–Trinajstić information content (AvgIpc) is 4.00. The number of ether oxygens (including phenoxy) is 4. The Kier molecular flexibility index (Phi) is 20.3. The Morgan fingerprint density at radius 1 is 0.559 bits per heavy atom. The molecule has 0 N–H and O–H groups in total. The van der Waals surface area contributed by atoms with Crippen LogP contribution < -0.4 is 9.47 Å². The first kappa shape index (κ1) is 45.5. The summed E-state index contributed by atoms with van der Waals surface area (Å²) in [5, 5.41) is 0. The normalized spacial score (nSPS) is 15.7. The molecule has 4 aromatic rings. The van der Waals surface area contributed by atoms with Gasteiger partial charge < -0.3 is 18.9 Å². The van der Waals surface area contributed by atoms with E-state index in [9.17, 15) is 9.59 Å². The summed E-state index contributed by atoms with van der Waals surface area (Å²) in [5.74, 6) is 9.10. The summed E-state index contributed by atoms with van der Waals surface area (Å²) in [4.78, 5) is 25.5. The number of benzene rings is 4. The molecule has 2 aliphatic rings. The molecule has 312 valence electrons. The predicted octanol–water partition coefficient (Wildman–Crippen LogP) is 11.1. The molecule has 0 radical (unpaired) electrons. The lowest BCUT2D eigenvalue weighted by Crippen LogP contribution is -2.27. The molecule has 2 fully saturated rings. The van der Waals surface area contributed by atoms with Crippen molar-refractivity contribution >= 4 is 94.7 Å². The van der Waals surface area contributed by atoms with Crippen LogP contribution in [0.25, 0.3) is 12.2 Å². The molecule has 2 saturated heterocycles. The van der Waals surface area contributed by atoms with E-state index in [1.54, 1.807) is 12.2 Å². The van der Waals surface area contributed by atoms with Gasteiger partial charge >= 0.3 is 11.9 Å². The fourth-order valence-corrected chi connectivity index (χ4v) is 14.3. The monoisotopic (exact) mass is 904 g/mol. The maximum Gasteiger partial charge on any atom is 0.331 e. The fourth-order valence-electron chi connectivity index (χ4n) is 6.05. The highest BCUT2D eigenvalue weighted by molar-refractivity contribution is 8.20. The maximum atomic E-state index is 12.8. The molecule has 0 aromatic heterocycles. The summed E-state index contributed by atoms with van der Waals surface area (Å²) in [6.07, 6.45) is 8.86. The number of hydrogen-bond acceptors (Lipinski definition) is 12. The van der Waals surface area contributed by atoms with E-state index >= 15 is 0 Å². The largest absolute Gasteiger partial charge is 0.490 e. The minimum atomic E-state index is -0.366. The second-order valence-corrected chi connectivity index (χ2v) is 21.9. The standard InChI is InChI=1S/C47H52O6S6/c48-44(21-15-36-7-3-1-4-8-36)52-42(34-54-25-23-46-56-27-28-57-46)32-50-40-17-11-38(12-18-40)31-39-13-19-41(20-14-39)51-33-43(35-55-26-24-47-58-29-30-59-47)53-45(49)22-16-37-9-5-2-6-10-37/h1-22,42-43,46-47H,23-35H2. The number of esters is 2. The third kappa shape index (κ3) is 17.9. The predicted molar refractivity (Wildman–Crippen MR) is 259 cm³/mol. The Morgan fingerprint density at radius 2 is 0.949 bits per heavy atom. The summed E-state index contributed by atoms with van der Waals surface area (Å²) < 4.78 is 25.4. The van der Waals surface area contributed by atoms with Gasteiger partial charge in [-0.05, 0) is 89.4 Å². The maximum absolute atomic E-state index is 12.8. The molecule has 12 heteroatoms. The summed E-state index contributed by atoms with van der Waals surface area (Å²) >= 11 is 11.8. The fraction of sp³-hybridized carbons (Fsp3) is 0.362. The van der Waals surface area contributed by atoms with Crippen LogP contribution in [0.3, 0.4) is 0 Å². The first-order chi connectivity index (χ1) is 29.0. The van der Waals surface area contributed by atoms with E-state index in [0.717, 1.165) is 64.5 Å². The summed E-state index contributed by atoms with van der Waals surface area (Å²) in [6.45, 7) is 0.571. The van der Waals surface area contributed by atoms with Gasteiger partial charge in [-0.1, -0.05) is 84.9 Å². The second-order valence-electron chi connectivity index (χ2n) is 13.8. The highest BCUT2D eigenvalue weighted by Crippen LogP contribution is 2.36. The zero-order chi connectivity index (χ0) is 40.7. The van der Waals surface area contributed by atoms with Gasteiger partial charge in [0.2, 0.25) is 0 Å². The van der Waals surface area contributed by atoms with Gasteiger partial charge in [0.25, 0.3) is 0 Å². The van der Waals surface area contributed by atoms with Gasteiger partial charge in [-0.2, -0.15) is 23.5 Å². The summed E-state index contributed by atoms with van der Waals surface area (Å²) in [5.41, 5.74) is 4.21. The number of hydrogen-bond donors (Lipinski definition) is 0. The van der Waals surface area contributed by atoms with Gasteiger partial charge in [-0.3, -0.25) is 0 Å². The van der Waals surface area contributed by atoms with E-state index in [1.807, 2.05) is 156 Å². The Bertz CT molecular complexity index is 1730. The van der Waals surface area contributed by atoms with Crippen LogP contribution in [-0.2, 0) is 25.5 Å². The van der Waals surface area contributed by atoms with Crippen molar-refractivity contribution in [3.05, 3.63) is 144 Å². The van der Waals surface area contributed by atoms with Crippen LogP contribution in [0.4, 0.5) is 0 Å². The highest BCUT2D eigenvalue weighted by atomic mass is 32.2. The van der Waals surface area contributed by atoms with Crippen LogP contribution >= 0.6 is 70.6 Å². The Labute approximate surface area is 375 Å². The lowest BCUT2D eigenvalue weighted by atomic mass is 10.0. The van der Waals surface area contributed by atoms with E-state index in [1.165, 1.54) is 35.2 Å².